The maximum absolute atomic E-state index is 12.7. The number of anilines is 1. The number of amides is 1. The highest BCUT2D eigenvalue weighted by Gasteiger charge is 2.23. The van der Waals surface area contributed by atoms with Crippen molar-refractivity contribution >= 4 is 47.4 Å². The predicted molar refractivity (Wildman–Crippen MR) is 109 cm³/mol. The van der Waals surface area contributed by atoms with Crippen molar-refractivity contribution in [1.29, 1.82) is 0 Å². The molecule has 0 aliphatic carbocycles. The highest BCUT2D eigenvalue weighted by atomic mass is 35.5. The van der Waals surface area contributed by atoms with E-state index in [1.807, 2.05) is 23.7 Å². The van der Waals surface area contributed by atoms with Crippen LogP contribution in [0.15, 0.2) is 23.1 Å². The van der Waals surface area contributed by atoms with Gasteiger partial charge in [0.25, 0.3) is 5.91 Å². The first kappa shape index (κ1) is 21.0. The summed E-state index contributed by atoms with van der Waals surface area (Å²) in [7, 11) is 0. The fraction of sp³-hybridized carbons (Fsp3) is 0.471. The number of piperidine rings is 1. The maximum atomic E-state index is 12.7. The van der Waals surface area contributed by atoms with Crippen molar-refractivity contribution in [2.45, 2.75) is 37.6 Å². The fourth-order valence-corrected chi connectivity index (χ4v) is 3.92. The number of hydrogen-bond donors (Lipinski definition) is 2. The summed E-state index contributed by atoms with van der Waals surface area (Å²) in [5.74, 6) is 0.660. The minimum Gasteiger partial charge on any atom is -0.319 e. The van der Waals surface area contributed by atoms with Crippen molar-refractivity contribution in [3.05, 3.63) is 34.6 Å². The molecule has 1 aromatic heterocycles. The van der Waals surface area contributed by atoms with Crippen LogP contribution in [-0.4, -0.2) is 39.7 Å². The van der Waals surface area contributed by atoms with Crippen LogP contribution in [0.4, 0.5) is 5.69 Å². The van der Waals surface area contributed by atoms with Gasteiger partial charge in [0.15, 0.2) is 5.69 Å². The molecular formula is C17H23Cl2N5OS. The van der Waals surface area contributed by atoms with Crippen LogP contribution in [0.2, 0.25) is 5.02 Å². The van der Waals surface area contributed by atoms with Gasteiger partial charge in [-0.2, -0.15) is 0 Å². The van der Waals surface area contributed by atoms with Crippen LogP contribution in [0.25, 0.3) is 0 Å². The molecule has 9 heteroatoms. The minimum absolute atomic E-state index is 0. The Morgan fingerprint density at radius 2 is 2.15 bits per heavy atom. The summed E-state index contributed by atoms with van der Waals surface area (Å²) < 4.78 is 1.88. The Labute approximate surface area is 168 Å². The number of nitrogens with one attached hydrogen (secondary N) is 2. The van der Waals surface area contributed by atoms with E-state index in [2.05, 4.69) is 27.9 Å². The zero-order valence-electron chi connectivity index (χ0n) is 14.8. The lowest BCUT2D eigenvalue weighted by Gasteiger charge is -2.23. The molecule has 2 N–H and O–H groups in total. The van der Waals surface area contributed by atoms with Crippen molar-refractivity contribution in [2.24, 2.45) is 0 Å². The van der Waals surface area contributed by atoms with Gasteiger partial charge in [-0.05, 0) is 56.8 Å². The summed E-state index contributed by atoms with van der Waals surface area (Å²) in [6.07, 6.45) is 1.99. The third-order valence-electron chi connectivity index (χ3n) is 4.29. The highest BCUT2D eigenvalue weighted by molar-refractivity contribution is 7.99. The number of halogens is 2. The Morgan fingerprint density at radius 1 is 1.42 bits per heavy atom. The third kappa shape index (κ3) is 4.71. The van der Waals surface area contributed by atoms with E-state index in [0.29, 0.717) is 22.4 Å². The molecule has 26 heavy (non-hydrogen) atoms. The quantitative estimate of drug-likeness (QED) is 0.723. The smallest absolute Gasteiger partial charge is 0.278 e. The van der Waals surface area contributed by atoms with Gasteiger partial charge in [-0.1, -0.05) is 23.7 Å². The molecule has 1 fully saturated rings. The second-order valence-corrected chi connectivity index (χ2v) is 7.72. The number of nitrogens with zero attached hydrogens (tertiary/aromatic N) is 3. The predicted octanol–water partition coefficient (Wildman–Crippen LogP) is 3.95. The van der Waals surface area contributed by atoms with Gasteiger partial charge in [0, 0.05) is 9.92 Å². The van der Waals surface area contributed by atoms with Crippen molar-refractivity contribution in [2.75, 3.05) is 24.2 Å². The average molecular weight is 416 g/mol. The van der Waals surface area contributed by atoms with Gasteiger partial charge in [0.05, 0.1) is 17.4 Å². The number of aromatic nitrogens is 3. The first-order chi connectivity index (χ1) is 12.1. The van der Waals surface area contributed by atoms with Crippen LogP contribution >= 0.6 is 35.8 Å². The first-order valence-corrected chi connectivity index (χ1v) is 9.82. The van der Waals surface area contributed by atoms with E-state index in [4.69, 9.17) is 11.6 Å². The molecule has 1 amide bonds. The van der Waals surface area contributed by atoms with E-state index in [0.717, 1.165) is 42.3 Å². The van der Waals surface area contributed by atoms with Gasteiger partial charge >= 0.3 is 0 Å². The van der Waals surface area contributed by atoms with Gasteiger partial charge in [-0.25, -0.2) is 4.68 Å². The fourth-order valence-electron chi connectivity index (χ4n) is 3.01. The third-order valence-corrected chi connectivity index (χ3v) is 5.48. The lowest BCUT2D eigenvalue weighted by atomic mass is 10.1. The topological polar surface area (TPSA) is 71.8 Å². The second-order valence-electron chi connectivity index (χ2n) is 5.98. The van der Waals surface area contributed by atoms with Crippen molar-refractivity contribution in [1.82, 2.24) is 20.3 Å². The van der Waals surface area contributed by atoms with E-state index in [1.165, 1.54) is 0 Å². The average Bonchev–Trinajstić information content (AvgIpc) is 3.00. The van der Waals surface area contributed by atoms with Crippen LogP contribution < -0.4 is 10.6 Å². The molecule has 2 aromatic rings. The zero-order valence-corrected chi connectivity index (χ0v) is 17.2. The summed E-state index contributed by atoms with van der Waals surface area (Å²) in [6, 6.07) is 5.82. The summed E-state index contributed by atoms with van der Waals surface area (Å²) in [4.78, 5) is 13.7. The van der Waals surface area contributed by atoms with Crippen LogP contribution in [0.1, 0.15) is 42.0 Å². The molecule has 1 aliphatic heterocycles. The molecule has 0 saturated carbocycles. The summed E-state index contributed by atoms with van der Waals surface area (Å²) >= 11 is 7.74. The lowest BCUT2D eigenvalue weighted by Crippen LogP contribution is -2.30. The number of thioether (sulfide) groups is 1. The van der Waals surface area contributed by atoms with Crippen molar-refractivity contribution in [3.8, 4) is 0 Å². The molecule has 6 nitrogen and oxygen atoms in total. The molecule has 1 saturated heterocycles. The number of rotatable bonds is 5. The van der Waals surface area contributed by atoms with Gasteiger partial charge in [-0.3, -0.25) is 4.79 Å². The Hall–Kier alpha value is -1.28. The van der Waals surface area contributed by atoms with Crippen LogP contribution in [-0.2, 0) is 0 Å². The molecule has 3 rings (SSSR count). The molecule has 0 radical (unpaired) electrons. The van der Waals surface area contributed by atoms with Crippen LogP contribution in [0.5, 0.6) is 0 Å². The molecule has 2 heterocycles. The summed E-state index contributed by atoms with van der Waals surface area (Å²) in [5.41, 5.74) is 1.88. The summed E-state index contributed by atoms with van der Waals surface area (Å²) in [6.45, 7) is 5.90. The molecular weight excluding hydrogens is 393 g/mol. The van der Waals surface area contributed by atoms with Gasteiger partial charge in [0.2, 0.25) is 0 Å². The molecule has 142 valence electrons. The largest absolute Gasteiger partial charge is 0.319 e. The Kier molecular flexibility index (Phi) is 7.76. The molecule has 1 aliphatic rings. The second kappa shape index (κ2) is 9.60. The van der Waals surface area contributed by atoms with Gasteiger partial charge in [0.1, 0.15) is 0 Å². The van der Waals surface area contributed by atoms with Crippen molar-refractivity contribution in [3.63, 3.8) is 0 Å². The Balaban J connectivity index is 0.00000243. The Morgan fingerprint density at radius 3 is 2.85 bits per heavy atom. The number of hydrogen-bond acceptors (Lipinski definition) is 5. The van der Waals surface area contributed by atoms with Crippen molar-refractivity contribution < 1.29 is 4.79 Å². The molecule has 0 atom stereocenters. The molecule has 1 aromatic carbocycles. The monoisotopic (exact) mass is 415 g/mol. The van der Waals surface area contributed by atoms with E-state index in [1.54, 1.807) is 17.8 Å². The summed E-state index contributed by atoms with van der Waals surface area (Å²) in [5, 5.41) is 15.2. The van der Waals surface area contributed by atoms with E-state index in [-0.39, 0.29) is 18.3 Å². The first-order valence-electron chi connectivity index (χ1n) is 8.46. The Bertz CT molecular complexity index is 762. The number of carbonyl (C=O) groups is 1. The molecule has 0 bridgehead atoms. The lowest BCUT2D eigenvalue weighted by molar-refractivity contribution is 0.102. The molecule has 0 unspecified atom stereocenters. The normalized spacial score (nSPS) is 14.7. The zero-order chi connectivity index (χ0) is 17.8. The van der Waals surface area contributed by atoms with Crippen LogP contribution in [0.3, 0.4) is 0 Å². The van der Waals surface area contributed by atoms with Gasteiger partial charge < -0.3 is 10.6 Å². The van der Waals surface area contributed by atoms with E-state index in [9.17, 15) is 4.79 Å². The number of carbonyl (C=O) groups excluding carboxylic acids is 1. The highest BCUT2D eigenvalue weighted by Crippen LogP contribution is 2.30. The van der Waals surface area contributed by atoms with Crippen LogP contribution in [0, 0.1) is 6.92 Å². The minimum atomic E-state index is -0.252. The molecule has 0 spiro atoms. The van der Waals surface area contributed by atoms with E-state index < -0.39 is 0 Å². The van der Waals surface area contributed by atoms with E-state index >= 15 is 0 Å². The number of benzene rings is 1. The SMILES string of the molecule is CCSc1ccc(Cl)cc1NC(=O)c1nnn(C2CCNCC2)c1C.Cl. The standard InChI is InChI=1S/C17H22ClN5OS.ClH/c1-3-25-15-5-4-12(18)10-14(15)20-17(24)16-11(2)23(22-21-16)13-6-8-19-9-7-13;/h4-5,10,13,19H,3,6-9H2,1-2H3,(H,20,24);1H. The maximum Gasteiger partial charge on any atom is 0.278 e. The van der Waals surface area contributed by atoms with Gasteiger partial charge in [-0.15, -0.1) is 29.3 Å².